The number of hydrogen-bond donors (Lipinski definition) is 1. The third kappa shape index (κ3) is 6.26. The number of aryl methyl sites for hydroxylation is 1. The van der Waals surface area contributed by atoms with Crippen LogP contribution >= 0.6 is 0 Å². The van der Waals surface area contributed by atoms with Gasteiger partial charge in [0.25, 0.3) is 5.91 Å². The van der Waals surface area contributed by atoms with Crippen LogP contribution in [0.15, 0.2) is 66.7 Å². The highest BCUT2D eigenvalue weighted by Crippen LogP contribution is 2.39. The van der Waals surface area contributed by atoms with Crippen molar-refractivity contribution in [3.05, 3.63) is 89.0 Å². The van der Waals surface area contributed by atoms with E-state index in [0.717, 1.165) is 11.1 Å². The van der Waals surface area contributed by atoms with E-state index >= 15 is 0 Å². The van der Waals surface area contributed by atoms with Crippen LogP contribution < -0.4 is 19.5 Å². The van der Waals surface area contributed by atoms with Crippen LogP contribution in [0.4, 0.5) is 0 Å². The summed E-state index contributed by atoms with van der Waals surface area (Å²) < 4.78 is 17.0. The lowest BCUT2D eigenvalue weighted by Gasteiger charge is -2.25. The lowest BCUT2D eigenvalue weighted by Crippen LogP contribution is -2.34. The Balaban J connectivity index is 1.76. The number of methoxy groups -OCH3 is 2. The Kier molecular flexibility index (Phi) is 8.33. The quantitative estimate of drug-likeness (QED) is 0.490. The zero-order valence-electron chi connectivity index (χ0n) is 19.9. The second-order valence-corrected chi connectivity index (χ2v) is 8.08. The molecule has 3 rings (SSSR count). The molecule has 1 unspecified atom stereocenters. The van der Waals surface area contributed by atoms with Crippen molar-refractivity contribution in [3.8, 4) is 17.2 Å². The van der Waals surface area contributed by atoms with Crippen molar-refractivity contribution in [1.82, 2.24) is 10.2 Å². The van der Waals surface area contributed by atoms with Gasteiger partial charge in [0.05, 0.1) is 20.3 Å². The van der Waals surface area contributed by atoms with Gasteiger partial charge in [-0.1, -0.05) is 60.2 Å². The van der Waals surface area contributed by atoms with E-state index in [9.17, 15) is 4.79 Å². The second-order valence-electron chi connectivity index (χ2n) is 8.08. The highest BCUT2D eigenvalue weighted by Gasteiger charge is 2.20. The molecule has 0 fully saturated rings. The SMILES string of the molecule is COc1cc(C(=O)NCC(c2ccc(C)cc2)N(C)C)cc(OC)c1OCc1ccccc1. The van der Waals surface area contributed by atoms with Gasteiger partial charge >= 0.3 is 0 Å². The Labute approximate surface area is 196 Å². The van der Waals surface area contributed by atoms with Gasteiger partial charge < -0.3 is 24.4 Å². The summed E-state index contributed by atoms with van der Waals surface area (Å²) in [6, 6.07) is 21.6. The summed E-state index contributed by atoms with van der Waals surface area (Å²) in [5.41, 5.74) is 3.81. The van der Waals surface area contributed by atoms with Gasteiger partial charge in [-0.3, -0.25) is 4.79 Å². The van der Waals surface area contributed by atoms with Crippen LogP contribution in [-0.2, 0) is 6.61 Å². The Morgan fingerprint density at radius 3 is 2.09 bits per heavy atom. The fourth-order valence-electron chi connectivity index (χ4n) is 3.56. The van der Waals surface area contributed by atoms with E-state index in [4.69, 9.17) is 14.2 Å². The molecular formula is C27H32N2O4. The maximum atomic E-state index is 13.0. The molecular weight excluding hydrogens is 416 g/mol. The van der Waals surface area contributed by atoms with Gasteiger partial charge in [0.1, 0.15) is 6.61 Å². The first kappa shape index (κ1) is 24.1. The van der Waals surface area contributed by atoms with Crippen molar-refractivity contribution in [3.63, 3.8) is 0 Å². The molecule has 0 aliphatic rings. The number of ether oxygens (including phenoxy) is 3. The van der Waals surface area contributed by atoms with Crippen LogP contribution in [0.3, 0.4) is 0 Å². The summed E-state index contributed by atoms with van der Waals surface area (Å²) in [7, 11) is 7.10. The molecule has 1 amide bonds. The Morgan fingerprint density at radius 2 is 1.55 bits per heavy atom. The molecule has 0 aliphatic heterocycles. The smallest absolute Gasteiger partial charge is 0.251 e. The molecule has 6 heteroatoms. The van der Waals surface area contributed by atoms with Crippen LogP contribution in [0, 0.1) is 6.92 Å². The summed E-state index contributed by atoms with van der Waals surface area (Å²) in [4.78, 5) is 15.1. The minimum atomic E-state index is -0.208. The number of amides is 1. The largest absolute Gasteiger partial charge is 0.493 e. The van der Waals surface area contributed by atoms with Crippen LogP contribution in [0.2, 0.25) is 0 Å². The zero-order valence-corrected chi connectivity index (χ0v) is 19.9. The first-order chi connectivity index (χ1) is 15.9. The third-order valence-electron chi connectivity index (χ3n) is 5.49. The topological polar surface area (TPSA) is 60.0 Å². The van der Waals surface area contributed by atoms with Crippen molar-refractivity contribution in [2.45, 2.75) is 19.6 Å². The average molecular weight is 449 g/mol. The maximum Gasteiger partial charge on any atom is 0.251 e. The van der Waals surface area contributed by atoms with Crippen molar-refractivity contribution in [1.29, 1.82) is 0 Å². The number of carbonyl (C=O) groups is 1. The Hall–Kier alpha value is -3.51. The predicted octanol–water partition coefficient (Wildman–Crippen LogP) is 4.62. The van der Waals surface area contributed by atoms with Gasteiger partial charge in [-0.15, -0.1) is 0 Å². The predicted molar refractivity (Wildman–Crippen MR) is 130 cm³/mol. The minimum absolute atomic E-state index is 0.0480. The van der Waals surface area contributed by atoms with Crippen LogP contribution in [0.1, 0.15) is 33.1 Å². The van der Waals surface area contributed by atoms with E-state index in [0.29, 0.717) is 36.0 Å². The normalized spacial score (nSPS) is 11.7. The lowest BCUT2D eigenvalue weighted by molar-refractivity contribution is 0.0941. The van der Waals surface area contributed by atoms with Crippen LogP contribution in [0.5, 0.6) is 17.2 Å². The molecule has 1 N–H and O–H groups in total. The number of nitrogens with zero attached hydrogens (tertiary/aromatic N) is 1. The molecule has 1 atom stereocenters. The molecule has 0 saturated carbocycles. The van der Waals surface area contributed by atoms with E-state index in [-0.39, 0.29) is 11.9 Å². The zero-order chi connectivity index (χ0) is 23.8. The molecule has 0 saturated heterocycles. The van der Waals surface area contributed by atoms with E-state index in [1.54, 1.807) is 26.4 Å². The molecule has 174 valence electrons. The van der Waals surface area contributed by atoms with Gasteiger partial charge in [0, 0.05) is 12.1 Å². The Bertz CT molecular complexity index is 1020. The molecule has 3 aromatic carbocycles. The molecule has 0 aliphatic carbocycles. The van der Waals surface area contributed by atoms with Crippen molar-refractivity contribution in [2.24, 2.45) is 0 Å². The summed E-state index contributed by atoms with van der Waals surface area (Å²) in [5.74, 6) is 1.14. The molecule has 3 aromatic rings. The summed E-state index contributed by atoms with van der Waals surface area (Å²) >= 11 is 0. The average Bonchev–Trinajstić information content (AvgIpc) is 2.83. The summed E-state index contributed by atoms with van der Waals surface area (Å²) in [6.07, 6.45) is 0. The van der Waals surface area contributed by atoms with E-state index in [1.807, 2.05) is 44.4 Å². The van der Waals surface area contributed by atoms with Crippen LogP contribution in [-0.4, -0.2) is 45.7 Å². The maximum absolute atomic E-state index is 13.0. The summed E-state index contributed by atoms with van der Waals surface area (Å²) in [5, 5.41) is 3.04. The first-order valence-electron chi connectivity index (χ1n) is 10.9. The van der Waals surface area contributed by atoms with E-state index < -0.39 is 0 Å². The fourth-order valence-corrected chi connectivity index (χ4v) is 3.56. The van der Waals surface area contributed by atoms with Gasteiger partial charge in [-0.2, -0.15) is 0 Å². The number of rotatable bonds is 10. The fraction of sp³-hybridized carbons (Fsp3) is 0.296. The van der Waals surface area contributed by atoms with Gasteiger partial charge in [0.15, 0.2) is 11.5 Å². The number of benzene rings is 3. The number of carbonyl (C=O) groups excluding carboxylic acids is 1. The molecule has 0 spiro atoms. The number of hydrogen-bond acceptors (Lipinski definition) is 5. The van der Waals surface area contributed by atoms with E-state index in [2.05, 4.69) is 41.4 Å². The van der Waals surface area contributed by atoms with Crippen molar-refractivity contribution < 1.29 is 19.0 Å². The third-order valence-corrected chi connectivity index (χ3v) is 5.49. The number of likely N-dealkylation sites (N-methyl/N-ethyl adjacent to an activating group) is 1. The van der Waals surface area contributed by atoms with Crippen molar-refractivity contribution >= 4 is 5.91 Å². The van der Waals surface area contributed by atoms with Gasteiger partial charge in [-0.05, 0) is 44.3 Å². The molecule has 0 bridgehead atoms. The van der Waals surface area contributed by atoms with Gasteiger partial charge in [-0.25, -0.2) is 0 Å². The van der Waals surface area contributed by atoms with E-state index in [1.165, 1.54) is 5.56 Å². The number of nitrogens with one attached hydrogen (secondary N) is 1. The second kappa shape index (κ2) is 11.4. The van der Waals surface area contributed by atoms with Gasteiger partial charge in [0.2, 0.25) is 5.75 Å². The standard InChI is InChI=1S/C27H32N2O4/c1-19-11-13-21(14-12-19)23(29(2)3)17-28-27(30)22-15-24(31-4)26(25(16-22)32-5)33-18-20-9-7-6-8-10-20/h6-16,23H,17-18H2,1-5H3,(H,28,30). The minimum Gasteiger partial charge on any atom is -0.493 e. The highest BCUT2D eigenvalue weighted by molar-refractivity contribution is 5.95. The molecule has 0 radical (unpaired) electrons. The highest BCUT2D eigenvalue weighted by atomic mass is 16.5. The van der Waals surface area contributed by atoms with Crippen molar-refractivity contribution in [2.75, 3.05) is 34.9 Å². The molecule has 33 heavy (non-hydrogen) atoms. The first-order valence-corrected chi connectivity index (χ1v) is 10.9. The molecule has 0 aromatic heterocycles. The molecule has 0 heterocycles. The summed E-state index contributed by atoms with van der Waals surface area (Å²) in [6.45, 7) is 2.89. The Morgan fingerprint density at radius 1 is 0.939 bits per heavy atom. The van der Waals surface area contributed by atoms with Crippen LogP contribution in [0.25, 0.3) is 0 Å². The molecule has 6 nitrogen and oxygen atoms in total. The lowest BCUT2D eigenvalue weighted by atomic mass is 10.0. The monoisotopic (exact) mass is 448 g/mol.